The van der Waals surface area contributed by atoms with Crippen molar-refractivity contribution >= 4 is 23.7 Å². The zero-order chi connectivity index (χ0) is 24.6. The van der Waals surface area contributed by atoms with Gasteiger partial charge in [0.1, 0.15) is 18.1 Å². The standard InChI is InChI=1S/C23H42N4O5/c1-7-15(6)19(26-20(28)16(24)11-13(2)3)21(29)25-17(12-14(4)5)22(30)27-10-8-9-18(27)23(31)32/h13-19H,7-12,24H2,1-6H3,(H,25,29)(H,26,28)(H,31,32). The average molecular weight is 455 g/mol. The number of hydrogen-bond donors (Lipinski definition) is 4. The molecule has 0 spiro atoms. The summed E-state index contributed by atoms with van der Waals surface area (Å²) in [7, 11) is 0. The maximum Gasteiger partial charge on any atom is 0.326 e. The predicted octanol–water partition coefficient (Wildman–Crippen LogP) is 1.50. The van der Waals surface area contributed by atoms with Crippen LogP contribution in [0.1, 0.15) is 73.6 Å². The number of carboxylic acid groups (broad SMARTS) is 1. The van der Waals surface area contributed by atoms with Gasteiger partial charge < -0.3 is 26.4 Å². The molecule has 1 rings (SSSR count). The van der Waals surface area contributed by atoms with E-state index in [-0.39, 0.29) is 23.7 Å². The van der Waals surface area contributed by atoms with Crippen LogP contribution in [0.5, 0.6) is 0 Å². The summed E-state index contributed by atoms with van der Waals surface area (Å²) in [6.07, 6.45) is 2.54. The quantitative estimate of drug-likeness (QED) is 0.352. The lowest BCUT2D eigenvalue weighted by Crippen LogP contribution is -2.58. The molecular formula is C23H42N4O5. The summed E-state index contributed by atoms with van der Waals surface area (Å²) < 4.78 is 0. The van der Waals surface area contributed by atoms with E-state index in [4.69, 9.17) is 5.73 Å². The third-order valence-corrected chi connectivity index (χ3v) is 6.00. The van der Waals surface area contributed by atoms with Crippen molar-refractivity contribution in [1.29, 1.82) is 0 Å². The molecule has 1 aliphatic heterocycles. The van der Waals surface area contributed by atoms with Gasteiger partial charge in [-0.3, -0.25) is 14.4 Å². The van der Waals surface area contributed by atoms with Gasteiger partial charge in [-0.1, -0.05) is 48.0 Å². The number of amides is 3. The van der Waals surface area contributed by atoms with Crippen molar-refractivity contribution in [2.45, 2.75) is 97.8 Å². The zero-order valence-electron chi connectivity index (χ0n) is 20.4. The normalized spacial score (nSPS) is 20.0. The molecule has 1 fully saturated rings. The average Bonchev–Trinajstić information content (AvgIpc) is 3.19. The van der Waals surface area contributed by atoms with Gasteiger partial charge in [0.2, 0.25) is 17.7 Å². The second kappa shape index (κ2) is 12.8. The Balaban J connectivity index is 3.01. The number of nitrogens with zero attached hydrogens (tertiary/aromatic N) is 1. The van der Waals surface area contributed by atoms with Crippen molar-refractivity contribution in [2.75, 3.05) is 6.54 Å². The minimum atomic E-state index is -1.03. The van der Waals surface area contributed by atoms with Gasteiger partial charge in [0.05, 0.1) is 6.04 Å². The molecule has 9 nitrogen and oxygen atoms in total. The van der Waals surface area contributed by atoms with Crippen LogP contribution in [0, 0.1) is 17.8 Å². The minimum Gasteiger partial charge on any atom is -0.480 e. The van der Waals surface area contributed by atoms with Crippen molar-refractivity contribution in [3.8, 4) is 0 Å². The Bertz CT molecular complexity index is 667. The number of carbonyl (C=O) groups is 4. The second-order valence-electron chi connectivity index (χ2n) is 9.83. The topological polar surface area (TPSA) is 142 Å². The van der Waals surface area contributed by atoms with E-state index in [0.717, 1.165) is 0 Å². The van der Waals surface area contributed by atoms with Crippen molar-refractivity contribution in [3.05, 3.63) is 0 Å². The predicted molar refractivity (Wildman–Crippen MR) is 123 cm³/mol. The third kappa shape index (κ3) is 8.07. The van der Waals surface area contributed by atoms with Gasteiger partial charge in [-0.05, 0) is 43.4 Å². The van der Waals surface area contributed by atoms with Crippen LogP contribution in [0.2, 0.25) is 0 Å². The number of carboxylic acids is 1. The van der Waals surface area contributed by atoms with E-state index >= 15 is 0 Å². The maximum atomic E-state index is 13.2. The van der Waals surface area contributed by atoms with Crippen LogP contribution in [0.15, 0.2) is 0 Å². The van der Waals surface area contributed by atoms with Crippen LogP contribution in [0.4, 0.5) is 0 Å². The molecule has 0 bridgehead atoms. The summed E-state index contributed by atoms with van der Waals surface area (Å²) in [6.45, 7) is 11.9. The van der Waals surface area contributed by atoms with Gasteiger partial charge in [-0.2, -0.15) is 0 Å². The van der Waals surface area contributed by atoms with Gasteiger partial charge in [0, 0.05) is 6.54 Å². The number of nitrogens with two attached hydrogens (primary N) is 1. The summed E-state index contributed by atoms with van der Waals surface area (Å²) in [4.78, 5) is 51.9. The van der Waals surface area contributed by atoms with E-state index in [1.165, 1.54) is 4.90 Å². The van der Waals surface area contributed by atoms with E-state index in [9.17, 15) is 24.3 Å². The van der Waals surface area contributed by atoms with Crippen molar-refractivity contribution in [1.82, 2.24) is 15.5 Å². The minimum absolute atomic E-state index is 0.103. The Kier molecular flexibility index (Phi) is 11.1. The van der Waals surface area contributed by atoms with Gasteiger partial charge in [-0.25, -0.2) is 4.79 Å². The lowest BCUT2D eigenvalue weighted by molar-refractivity contribution is -0.149. The number of nitrogens with one attached hydrogen (secondary N) is 2. The number of hydrogen-bond acceptors (Lipinski definition) is 5. The summed E-state index contributed by atoms with van der Waals surface area (Å²) in [5.74, 6) is -2.09. The molecule has 184 valence electrons. The Morgan fingerprint density at radius 3 is 2.09 bits per heavy atom. The molecule has 0 aliphatic carbocycles. The van der Waals surface area contributed by atoms with E-state index in [1.54, 1.807) is 0 Å². The van der Waals surface area contributed by atoms with Gasteiger partial charge in [0.25, 0.3) is 0 Å². The van der Waals surface area contributed by atoms with Crippen LogP contribution in [-0.4, -0.2) is 64.4 Å². The summed E-state index contributed by atoms with van der Waals surface area (Å²) >= 11 is 0. The molecule has 32 heavy (non-hydrogen) atoms. The van der Waals surface area contributed by atoms with Crippen LogP contribution in [0.3, 0.4) is 0 Å². The Hall–Kier alpha value is -2.16. The SMILES string of the molecule is CCC(C)C(NC(=O)C(N)CC(C)C)C(=O)NC(CC(C)C)C(=O)N1CCCC1C(=O)O. The molecular weight excluding hydrogens is 412 g/mol. The Morgan fingerprint density at radius 2 is 1.59 bits per heavy atom. The van der Waals surface area contributed by atoms with Crippen LogP contribution >= 0.6 is 0 Å². The lowest BCUT2D eigenvalue weighted by atomic mass is 9.95. The first-order valence-corrected chi connectivity index (χ1v) is 11.8. The summed E-state index contributed by atoms with van der Waals surface area (Å²) in [6, 6.07) is -3.27. The molecule has 0 aromatic heterocycles. The van der Waals surface area contributed by atoms with Crippen molar-refractivity contribution < 1.29 is 24.3 Å². The van der Waals surface area contributed by atoms with Crippen LogP contribution in [-0.2, 0) is 19.2 Å². The molecule has 0 radical (unpaired) electrons. The Morgan fingerprint density at radius 1 is 1.00 bits per heavy atom. The molecule has 1 aliphatic rings. The molecule has 5 unspecified atom stereocenters. The van der Waals surface area contributed by atoms with E-state index in [1.807, 2.05) is 41.5 Å². The van der Waals surface area contributed by atoms with E-state index < -0.39 is 42.0 Å². The molecule has 0 saturated carbocycles. The fraction of sp³-hybridized carbons (Fsp3) is 0.826. The summed E-state index contributed by atoms with van der Waals surface area (Å²) in [5, 5.41) is 15.0. The first-order valence-electron chi connectivity index (χ1n) is 11.8. The highest BCUT2D eigenvalue weighted by molar-refractivity contribution is 5.94. The lowest BCUT2D eigenvalue weighted by Gasteiger charge is -2.31. The van der Waals surface area contributed by atoms with Gasteiger partial charge in [-0.15, -0.1) is 0 Å². The zero-order valence-corrected chi connectivity index (χ0v) is 20.4. The fourth-order valence-electron chi connectivity index (χ4n) is 4.02. The molecule has 0 aromatic rings. The highest BCUT2D eigenvalue weighted by Gasteiger charge is 2.39. The van der Waals surface area contributed by atoms with Crippen molar-refractivity contribution in [3.63, 3.8) is 0 Å². The molecule has 0 aromatic carbocycles. The molecule has 5 N–H and O–H groups in total. The number of aliphatic carboxylic acids is 1. The molecule has 3 amide bonds. The monoisotopic (exact) mass is 454 g/mol. The number of rotatable bonds is 12. The molecule has 5 atom stereocenters. The Labute approximate surface area is 191 Å². The molecule has 1 saturated heterocycles. The molecule has 9 heteroatoms. The summed E-state index contributed by atoms with van der Waals surface area (Å²) in [5.41, 5.74) is 5.99. The maximum absolute atomic E-state index is 13.2. The van der Waals surface area contributed by atoms with Crippen molar-refractivity contribution in [2.24, 2.45) is 23.5 Å². The first kappa shape index (κ1) is 27.9. The van der Waals surface area contributed by atoms with Gasteiger partial charge >= 0.3 is 5.97 Å². The fourth-order valence-corrected chi connectivity index (χ4v) is 4.02. The second-order valence-corrected chi connectivity index (χ2v) is 9.83. The van der Waals surface area contributed by atoms with E-state index in [2.05, 4.69) is 10.6 Å². The van der Waals surface area contributed by atoms with E-state index in [0.29, 0.717) is 38.6 Å². The highest BCUT2D eigenvalue weighted by Crippen LogP contribution is 2.21. The number of likely N-dealkylation sites (tertiary alicyclic amines) is 1. The molecule has 1 heterocycles. The first-order chi connectivity index (χ1) is 14.9. The largest absolute Gasteiger partial charge is 0.480 e. The van der Waals surface area contributed by atoms with Crippen LogP contribution < -0.4 is 16.4 Å². The van der Waals surface area contributed by atoms with Gasteiger partial charge in [0.15, 0.2) is 0 Å². The number of carbonyl (C=O) groups excluding carboxylic acids is 3. The third-order valence-electron chi connectivity index (χ3n) is 6.00. The highest BCUT2D eigenvalue weighted by atomic mass is 16.4. The van der Waals surface area contributed by atoms with Crippen LogP contribution in [0.25, 0.3) is 0 Å². The smallest absolute Gasteiger partial charge is 0.326 e.